The third-order valence-electron chi connectivity index (χ3n) is 2.99. The van der Waals surface area contributed by atoms with E-state index in [0.29, 0.717) is 4.57 Å². The molecule has 1 aromatic carbocycles. The number of benzene rings is 1. The van der Waals surface area contributed by atoms with Gasteiger partial charge in [-0.2, -0.15) is 13.2 Å². The van der Waals surface area contributed by atoms with Crippen LogP contribution < -0.4 is 11.2 Å². The van der Waals surface area contributed by atoms with E-state index >= 15 is 0 Å². The molecule has 0 unspecified atom stereocenters. The van der Waals surface area contributed by atoms with E-state index in [9.17, 15) is 22.8 Å². The van der Waals surface area contributed by atoms with E-state index < -0.39 is 35.1 Å². The number of aromatic nitrogens is 2. The molecule has 0 spiro atoms. The quantitative estimate of drug-likeness (QED) is 0.885. The summed E-state index contributed by atoms with van der Waals surface area (Å²) in [5, 5.41) is 8.61. The number of halogens is 3. The maximum absolute atomic E-state index is 12.9. The van der Waals surface area contributed by atoms with E-state index in [1.165, 1.54) is 6.07 Å². The first-order valence-corrected chi connectivity index (χ1v) is 5.69. The van der Waals surface area contributed by atoms with Crippen LogP contribution in [-0.4, -0.2) is 20.8 Å². The first kappa shape index (κ1) is 14.3. The molecule has 0 aliphatic carbocycles. The summed E-state index contributed by atoms with van der Waals surface area (Å²) in [5.74, 6) is 0. The Morgan fingerprint density at radius 3 is 2.45 bits per heavy atom. The van der Waals surface area contributed by atoms with Gasteiger partial charge in [0.25, 0.3) is 5.56 Å². The average Bonchev–Trinajstić information content (AvgIpc) is 2.39. The standard InChI is InChI=1S/C12H11F3N2O3/c1-16-9-7(3-2-4-8(9)12(13,14)15)10(19)17(5-6-18)11(16)20/h2-4,18H,5-6H2,1H3. The largest absolute Gasteiger partial charge is 0.418 e. The first-order chi connectivity index (χ1) is 9.29. The summed E-state index contributed by atoms with van der Waals surface area (Å²) in [6, 6.07) is 3.15. The smallest absolute Gasteiger partial charge is 0.395 e. The fourth-order valence-electron chi connectivity index (χ4n) is 2.11. The van der Waals surface area contributed by atoms with Gasteiger partial charge < -0.3 is 5.11 Å². The number of aryl methyl sites for hydroxylation is 1. The molecule has 2 rings (SSSR count). The van der Waals surface area contributed by atoms with Gasteiger partial charge in [-0.15, -0.1) is 0 Å². The molecule has 5 nitrogen and oxygen atoms in total. The zero-order valence-corrected chi connectivity index (χ0v) is 10.4. The zero-order chi connectivity index (χ0) is 15.1. The second-order valence-corrected chi connectivity index (χ2v) is 4.22. The number of alkyl halides is 3. The molecular weight excluding hydrogens is 277 g/mol. The lowest BCUT2D eigenvalue weighted by molar-refractivity contribution is -0.136. The molecule has 0 amide bonds. The summed E-state index contributed by atoms with van der Waals surface area (Å²) in [5.41, 5.74) is -3.23. The molecule has 0 atom stereocenters. The predicted molar refractivity (Wildman–Crippen MR) is 65.5 cm³/mol. The van der Waals surface area contributed by atoms with E-state index in [1.807, 2.05) is 0 Å². The molecule has 20 heavy (non-hydrogen) atoms. The van der Waals surface area contributed by atoms with Crippen LogP contribution in [0.25, 0.3) is 10.9 Å². The molecule has 8 heteroatoms. The van der Waals surface area contributed by atoms with Crippen LogP contribution in [0.15, 0.2) is 27.8 Å². The van der Waals surface area contributed by atoms with Gasteiger partial charge in [-0.3, -0.25) is 13.9 Å². The van der Waals surface area contributed by atoms with Crippen LogP contribution in [0.5, 0.6) is 0 Å². The summed E-state index contributed by atoms with van der Waals surface area (Å²) in [4.78, 5) is 24.0. The van der Waals surface area contributed by atoms with Crippen molar-refractivity contribution in [1.82, 2.24) is 9.13 Å². The molecule has 0 fully saturated rings. The average molecular weight is 288 g/mol. The Balaban J connectivity index is 3.01. The van der Waals surface area contributed by atoms with Gasteiger partial charge >= 0.3 is 11.9 Å². The highest BCUT2D eigenvalue weighted by Crippen LogP contribution is 2.33. The van der Waals surface area contributed by atoms with Crippen molar-refractivity contribution in [3.8, 4) is 0 Å². The zero-order valence-electron chi connectivity index (χ0n) is 10.4. The molecule has 0 aliphatic heterocycles. The van der Waals surface area contributed by atoms with Gasteiger partial charge in [0.1, 0.15) is 0 Å². The molecule has 1 heterocycles. The van der Waals surface area contributed by atoms with Gasteiger partial charge in [0.05, 0.1) is 29.6 Å². The van der Waals surface area contributed by atoms with Crippen LogP contribution in [-0.2, 0) is 19.8 Å². The Morgan fingerprint density at radius 1 is 1.25 bits per heavy atom. The van der Waals surface area contributed by atoms with Crippen LogP contribution in [0, 0.1) is 0 Å². The van der Waals surface area contributed by atoms with Gasteiger partial charge in [-0.25, -0.2) is 4.79 Å². The van der Waals surface area contributed by atoms with Crippen molar-refractivity contribution in [2.24, 2.45) is 7.05 Å². The molecule has 2 aromatic rings. The van der Waals surface area contributed by atoms with Gasteiger partial charge in [-0.05, 0) is 12.1 Å². The first-order valence-electron chi connectivity index (χ1n) is 5.69. The van der Waals surface area contributed by atoms with Crippen molar-refractivity contribution in [2.45, 2.75) is 12.7 Å². The third kappa shape index (κ3) is 2.11. The number of fused-ring (bicyclic) bond motifs is 1. The normalized spacial score (nSPS) is 12.1. The van der Waals surface area contributed by atoms with Crippen LogP contribution in [0.1, 0.15) is 5.56 Å². The Labute approximate surface area is 110 Å². The van der Waals surface area contributed by atoms with Crippen molar-refractivity contribution in [3.05, 3.63) is 44.6 Å². The number of aliphatic hydroxyl groups is 1. The van der Waals surface area contributed by atoms with E-state index in [0.717, 1.165) is 23.7 Å². The summed E-state index contributed by atoms with van der Waals surface area (Å²) in [6.45, 7) is -0.725. The fourth-order valence-corrected chi connectivity index (χ4v) is 2.11. The molecular formula is C12H11F3N2O3. The molecule has 0 saturated heterocycles. The minimum atomic E-state index is -4.67. The van der Waals surface area contributed by atoms with Crippen LogP contribution in [0.3, 0.4) is 0 Å². The Kier molecular flexibility index (Phi) is 3.43. The van der Waals surface area contributed by atoms with Crippen molar-refractivity contribution in [1.29, 1.82) is 0 Å². The molecule has 108 valence electrons. The maximum atomic E-state index is 12.9. The Hall–Kier alpha value is -2.09. The lowest BCUT2D eigenvalue weighted by Crippen LogP contribution is -2.40. The minimum Gasteiger partial charge on any atom is -0.395 e. The number of para-hydroxylation sites is 1. The maximum Gasteiger partial charge on any atom is 0.418 e. The van der Waals surface area contributed by atoms with E-state index in [-0.39, 0.29) is 11.9 Å². The fraction of sp³-hybridized carbons (Fsp3) is 0.333. The van der Waals surface area contributed by atoms with Gasteiger partial charge in [0, 0.05) is 7.05 Å². The van der Waals surface area contributed by atoms with E-state index in [1.54, 1.807) is 0 Å². The van der Waals surface area contributed by atoms with Crippen LogP contribution >= 0.6 is 0 Å². The monoisotopic (exact) mass is 288 g/mol. The molecule has 0 aliphatic rings. The summed E-state index contributed by atoms with van der Waals surface area (Å²) in [7, 11) is 1.16. The molecule has 0 bridgehead atoms. The number of hydrogen-bond acceptors (Lipinski definition) is 3. The van der Waals surface area contributed by atoms with E-state index in [4.69, 9.17) is 5.11 Å². The third-order valence-corrected chi connectivity index (χ3v) is 2.99. The Bertz CT molecular complexity index is 774. The summed E-state index contributed by atoms with van der Waals surface area (Å²) < 4.78 is 40.3. The molecule has 1 aromatic heterocycles. The molecule has 0 radical (unpaired) electrons. The lowest BCUT2D eigenvalue weighted by atomic mass is 10.1. The molecule has 0 saturated carbocycles. The number of aliphatic hydroxyl groups excluding tert-OH is 1. The number of hydrogen-bond donors (Lipinski definition) is 1. The highest BCUT2D eigenvalue weighted by molar-refractivity contribution is 5.81. The van der Waals surface area contributed by atoms with Gasteiger partial charge in [0.15, 0.2) is 0 Å². The van der Waals surface area contributed by atoms with Gasteiger partial charge in [-0.1, -0.05) is 6.07 Å². The molecule has 1 N–H and O–H groups in total. The SMILES string of the molecule is Cn1c(=O)n(CCO)c(=O)c2cccc(C(F)(F)F)c21. The topological polar surface area (TPSA) is 64.2 Å². The Morgan fingerprint density at radius 2 is 1.90 bits per heavy atom. The van der Waals surface area contributed by atoms with E-state index in [2.05, 4.69) is 0 Å². The van der Waals surface area contributed by atoms with Gasteiger partial charge in [0.2, 0.25) is 0 Å². The lowest BCUT2D eigenvalue weighted by Gasteiger charge is -2.14. The summed E-state index contributed by atoms with van der Waals surface area (Å²) >= 11 is 0. The highest BCUT2D eigenvalue weighted by Gasteiger charge is 2.34. The van der Waals surface area contributed by atoms with Crippen molar-refractivity contribution in [3.63, 3.8) is 0 Å². The van der Waals surface area contributed by atoms with Crippen LogP contribution in [0.2, 0.25) is 0 Å². The second-order valence-electron chi connectivity index (χ2n) is 4.22. The van der Waals surface area contributed by atoms with Crippen molar-refractivity contribution in [2.75, 3.05) is 6.61 Å². The summed E-state index contributed by atoms with van der Waals surface area (Å²) in [6.07, 6.45) is -4.67. The minimum absolute atomic E-state index is 0.213. The number of rotatable bonds is 2. The van der Waals surface area contributed by atoms with Crippen molar-refractivity contribution >= 4 is 10.9 Å². The van der Waals surface area contributed by atoms with Crippen LogP contribution in [0.4, 0.5) is 13.2 Å². The predicted octanol–water partition coefficient (Wildman–Crippen LogP) is 0.711. The highest BCUT2D eigenvalue weighted by atomic mass is 19.4. The number of nitrogens with zero attached hydrogens (tertiary/aromatic N) is 2. The second kappa shape index (κ2) is 4.78. The van der Waals surface area contributed by atoms with Crippen molar-refractivity contribution < 1.29 is 18.3 Å².